The first kappa shape index (κ1) is 16.1. The van der Waals surface area contributed by atoms with Crippen LogP contribution in [0.5, 0.6) is 0 Å². The second-order valence-electron chi connectivity index (χ2n) is 8.58. The zero-order chi connectivity index (χ0) is 16.0. The highest BCUT2D eigenvalue weighted by Gasteiger charge is 2.39. The first-order valence-electron chi connectivity index (χ1n) is 7.84. The summed E-state index contributed by atoms with van der Waals surface area (Å²) in [5.41, 5.74) is 0.426. The summed E-state index contributed by atoms with van der Waals surface area (Å²) < 4.78 is 0. The summed E-state index contributed by atoms with van der Waals surface area (Å²) in [5.74, 6) is 0. The van der Waals surface area contributed by atoms with Crippen molar-refractivity contribution in [2.45, 2.75) is 53.9 Å². The van der Waals surface area contributed by atoms with E-state index in [9.17, 15) is 0 Å². The van der Waals surface area contributed by atoms with E-state index in [0.29, 0.717) is 12.3 Å². The molecule has 0 radical (unpaired) electrons. The number of hydrogen-bond donors (Lipinski definition) is 0. The van der Waals surface area contributed by atoms with Gasteiger partial charge in [-0.25, -0.2) is 0 Å². The summed E-state index contributed by atoms with van der Waals surface area (Å²) in [7, 11) is 4.33. The summed E-state index contributed by atoms with van der Waals surface area (Å²) in [5, 5.41) is 0. The Morgan fingerprint density at radius 3 is 1.29 bits per heavy atom. The van der Waals surface area contributed by atoms with E-state index < -0.39 is 0 Å². The molecule has 0 aromatic carbocycles. The largest absolute Gasteiger partial charge is 0.359 e. The quantitative estimate of drug-likeness (QED) is 0.775. The van der Waals surface area contributed by atoms with Crippen LogP contribution in [0, 0.1) is 10.8 Å². The van der Waals surface area contributed by atoms with Crippen molar-refractivity contribution >= 4 is 0 Å². The predicted molar refractivity (Wildman–Crippen MR) is 88.8 cm³/mol. The number of nitrogens with zero attached hydrogens (tertiary/aromatic N) is 4. The summed E-state index contributed by atoms with van der Waals surface area (Å²) in [4.78, 5) is 9.52. The maximum Gasteiger partial charge on any atom is 0.107 e. The van der Waals surface area contributed by atoms with E-state index in [2.05, 4.69) is 100 Å². The molecule has 4 heteroatoms. The van der Waals surface area contributed by atoms with Gasteiger partial charge in [-0.1, -0.05) is 41.5 Å². The Labute approximate surface area is 130 Å². The molecule has 2 atom stereocenters. The minimum atomic E-state index is 0.213. The third-order valence-corrected chi connectivity index (χ3v) is 4.26. The molecule has 0 fully saturated rings. The molecule has 0 saturated heterocycles. The van der Waals surface area contributed by atoms with Crippen molar-refractivity contribution in [1.82, 2.24) is 19.6 Å². The Hall–Kier alpha value is -1.32. The van der Waals surface area contributed by atoms with Gasteiger partial charge in [0.2, 0.25) is 0 Å². The molecule has 0 spiro atoms. The molecule has 0 amide bonds. The lowest BCUT2D eigenvalue weighted by atomic mass is 9.90. The maximum absolute atomic E-state index is 2.45. The van der Waals surface area contributed by atoms with E-state index in [0.717, 1.165) is 6.67 Å². The fourth-order valence-corrected chi connectivity index (χ4v) is 3.83. The molecule has 0 aliphatic carbocycles. The second kappa shape index (κ2) is 5.15. The third-order valence-electron chi connectivity index (χ3n) is 4.26. The highest BCUT2D eigenvalue weighted by atomic mass is 15.5. The fraction of sp³-hybridized carbons (Fsp3) is 0.765. The zero-order valence-corrected chi connectivity index (χ0v) is 15.0. The zero-order valence-electron chi connectivity index (χ0n) is 15.0. The maximum atomic E-state index is 2.45. The molecule has 21 heavy (non-hydrogen) atoms. The van der Waals surface area contributed by atoms with Gasteiger partial charge in [0.1, 0.15) is 12.3 Å². The van der Waals surface area contributed by atoms with Crippen molar-refractivity contribution in [2.24, 2.45) is 10.8 Å². The first-order valence-corrected chi connectivity index (χ1v) is 7.84. The van der Waals surface area contributed by atoms with Gasteiger partial charge in [0.15, 0.2) is 0 Å². The van der Waals surface area contributed by atoms with Crippen molar-refractivity contribution in [3.8, 4) is 0 Å². The van der Waals surface area contributed by atoms with Crippen molar-refractivity contribution in [3.63, 3.8) is 0 Å². The van der Waals surface area contributed by atoms with Crippen LogP contribution in [0.4, 0.5) is 0 Å². The average molecular weight is 292 g/mol. The Kier molecular flexibility index (Phi) is 3.94. The van der Waals surface area contributed by atoms with Gasteiger partial charge in [0.25, 0.3) is 0 Å². The van der Waals surface area contributed by atoms with E-state index in [1.54, 1.807) is 0 Å². The topological polar surface area (TPSA) is 13.0 Å². The lowest BCUT2D eigenvalue weighted by Gasteiger charge is -2.45. The highest BCUT2D eigenvalue weighted by molar-refractivity contribution is 5.04. The molecule has 2 heterocycles. The van der Waals surface area contributed by atoms with Crippen molar-refractivity contribution < 1.29 is 0 Å². The Bertz CT molecular complexity index is 387. The van der Waals surface area contributed by atoms with Crippen molar-refractivity contribution in [1.29, 1.82) is 0 Å². The van der Waals surface area contributed by atoms with E-state index in [-0.39, 0.29) is 10.8 Å². The lowest BCUT2D eigenvalue weighted by Crippen LogP contribution is -2.53. The molecule has 0 aromatic rings. The van der Waals surface area contributed by atoms with E-state index in [4.69, 9.17) is 0 Å². The SMILES string of the molecule is CN1C=CN(CN2C=CN(C)C2C(C)(C)C)C1C(C)(C)C. The average Bonchev–Trinajstić information content (AvgIpc) is 2.81. The van der Waals surface area contributed by atoms with Crippen LogP contribution in [0.3, 0.4) is 0 Å². The molecule has 2 unspecified atom stereocenters. The molecular formula is C17H32N4. The Morgan fingerprint density at radius 2 is 1.00 bits per heavy atom. The third kappa shape index (κ3) is 3.14. The highest BCUT2D eigenvalue weighted by Crippen LogP contribution is 2.34. The molecule has 0 N–H and O–H groups in total. The molecule has 120 valence electrons. The molecule has 4 nitrogen and oxygen atoms in total. The number of rotatable bonds is 2. The molecule has 0 bridgehead atoms. The smallest absolute Gasteiger partial charge is 0.107 e. The van der Waals surface area contributed by atoms with Gasteiger partial charge in [0.05, 0.1) is 6.67 Å². The van der Waals surface area contributed by atoms with Crippen LogP contribution in [0.2, 0.25) is 0 Å². The summed E-state index contributed by atoms with van der Waals surface area (Å²) >= 11 is 0. The fourth-order valence-electron chi connectivity index (χ4n) is 3.83. The van der Waals surface area contributed by atoms with Gasteiger partial charge in [-0.2, -0.15) is 0 Å². The van der Waals surface area contributed by atoms with Gasteiger partial charge >= 0.3 is 0 Å². The first-order chi connectivity index (χ1) is 9.51. The Balaban J connectivity index is 2.14. The predicted octanol–water partition coefficient (Wildman–Crippen LogP) is 3.13. The van der Waals surface area contributed by atoms with E-state index in [1.165, 1.54) is 0 Å². The molecular weight excluding hydrogens is 260 g/mol. The standard InChI is InChI=1S/C17H32N4/c1-16(2,3)14-18(7)9-11-20(14)13-21-12-10-19(8)15(21)17(4,5)6/h9-12,14-15H,13H2,1-8H3. The molecule has 0 saturated carbocycles. The normalized spacial score (nSPS) is 26.5. The van der Waals surface area contributed by atoms with Gasteiger partial charge in [-0.15, -0.1) is 0 Å². The molecule has 0 aromatic heterocycles. The van der Waals surface area contributed by atoms with E-state index in [1.807, 2.05) is 0 Å². The Morgan fingerprint density at radius 1 is 0.667 bits per heavy atom. The molecule has 2 aliphatic rings. The van der Waals surface area contributed by atoms with Gasteiger partial charge in [-0.3, -0.25) is 0 Å². The summed E-state index contributed by atoms with van der Waals surface area (Å²) in [6.45, 7) is 14.8. The molecule has 2 aliphatic heterocycles. The summed E-state index contributed by atoms with van der Waals surface area (Å²) in [6, 6.07) is 0. The van der Waals surface area contributed by atoms with Crippen LogP contribution < -0.4 is 0 Å². The number of hydrogen-bond acceptors (Lipinski definition) is 4. The van der Waals surface area contributed by atoms with Gasteiger partial charge in [-0.05, 0) is 0 Å². The van der Waals surface area contributed by atoms with Crippen LogP contribution in [-0.4, -0.2) is 52.7 Å². The summed E-state index contributed by atoms with van der Waals surface area (Å²) in [6.07, 6.45) is 9.62. The van der Waals surface area contributed by atoms with Crippen LogP contribution in [-0.2, 0) is 0 Å². The van der Waals surface area contributed by atoms with Crippen LogP contribution >= 0.6 is 0 Å². The van der Waals surface area contributed by atoms with Crippen molar-refractivity contribution in [3.05, 3.63) is 24.8 Å². The van der Waals surface area contributed by atoms with Crippen molar-refractivity contribution in [2.75, 3.05) is 20.8 Å². The van der Waals surface area contributed by atoms with Gasteiger partial charge < -0.3 is 19.6 Å². The lowest BCUT2D eigenvalue weighted by molar-refractivity contribution is -0.00668. The van der Waals surface area contributed by atoms with Crippen LogP contribution in [0.25, 0.3) is 0 Å². The second-order valence-corrected chi connectivity index (χ2v) is 8.58. The van der Waals surface area contributed by atoms with Crippen LogP contribution in [0.15, 0.2) is 24.8 Å². The van der Waals surface area contributed by atoms with Gasteiger partial charge in [0, 0.05) is 49.7 Å². The minimum absolute atomic E-state index is 0.213. The van der Waals surface area contributed by atoms with E-state index >= 15 is 0 Å². The monoisotopic (exact) mass is 292 g/mol. The molecule has 2 rings (SSSR count). The minimum Gasteiger partial charge on any atom is -0.359 e. The van der Waals surface area contributed by atoms with Crippen LogP contribution in [0.1, 0.15) is 41.5 Å².